The second-order valence-electron chi connectivity index (χ2n) is 8.23. The number of nitrogens with zero attached hydrogens (tertiary/aromatic N) is 2. The Morgan fingerprint density at radius 3 is 2.47 bits per heavy atom. The number of nitrogen functional groups attached to an aromatic ring is 1. The predicted molar refractivity (Wildman–Crippen MR) is 138 cm³/mol. The fourth-order valence-corrected chi connectivity index (χ4v) is 3.78. The van der Waals surface area contributed by atoms with Gasteiger partial charge in [0.05, 0.1) is 20.8 Å². The van der Waals surface area contributed by atoms with E-state index in [0.29, 0.717) is 35.8 Å². The number of unbranched alkanes of at least 4 members (excludes halogenated alkanes) is 1. The molecule has 0 saturated heterocycles. The van der Waals surface area contributed by atoms with Crippen LogP contribution in [0.2, 0.25) is 0 Å². The first-order valence-electron chi connectivity index (χ1n) is 11.6. The molecular weight excluding hydrogens is 464 g/mol. The van der Waals surface area contributed by atoms with Gasteiger partial charge in [-0.05, 0) is 37.1 Å². The lowest BCUT2D eigenvalue weighted by Gasteiger charge is -2.25. The SMILES string of the molecule is CCCCn1c(N)c(N(Cc2ccccc2OC)C(=O)COc2ccc(C)cc2OC)c(=O)[nH]c1=O. The number of amides is 1. The minimum Gasteiger partial charge on any atom is -0.496 e. The lowest BCUT2D eigenvalue weighted by molar-refractivity contribution is -0.120. The van der Waals surface area contributed by atoms with Crippen LogP contribution in [0, 0.1) is 6.92 Å². The molecule has 1 aromatic heterocycles. The number of carbonyl (C=O) groups is 1. The molecule has 36 heavy (non-hydrogen) atoms. The van der Waals surface area contributed by atoms with Crippen LogP contribution in [0.5, 0.6) is 17.2 Å². The molecule has 0 radical (unpaired) electrons. The minimum atomic E-state index is -0.763. The van der Waals surface area contributed by atoms with Gasteiger partial charge in [0.15, 0.2) is 23.8 Å². The summed E-state index contributed by atoms with van der Waals surface area (Å²) in [6.07, 6.45) is 1.49. The number of rotatable bonds is 11. The van der Waals surface area contributed by atoms with Crippen molar-refractivity contribution < 1.29 is 19.0 Å². The number of hydrogen-bond donors (Lipinski definition) is 2. The Kier molecular flexibility index (Phi) is 8.77. The van der Waals surface area contributed by atoms with Gasteiger partial charge >= 0.3 is 5.69 Å². The number of aromatic amines is 1. The monoisotopic (exact) mass is 496 g/mol. The number of H-pyrrole nitrogens is 1. The van der Waals surface area contributed by atoms with E-state index in [1.54, 1.807) is 36.4 Å². The van der Waals surface area contributed by atoms with Crippen LogP contribution in [-0.2, 0) is 17.9 Å². The van der Waals surface area contributed by atoms with Crippen LogP contribution in [0.1, 0.15) is 30.9 Å². The summed E-state index contributed by atoms with van der Waals surface area (Å²) in [6, 6.07) is 12.5. The van der Waals surface area contributed by atoms with E-state index < -0.39 is 23.8 Å². The smallest absolute Gasteiger partial charge is 0.330 e. The molecule has 2 aromatic carbocycles. The number of carbonyl (C=O) groups excluding carboxylic acids is 1. The molecule has 0 bridgehead atoms. The fourth-order valence-electron chi connectivity index (χ4n) is 3.78. The number of nitrogens with two attached hydrogens (primary N) is 1. The maximum Gasteiger partial charge on any atom is 0.330 e. The van der Waals surface area contributed by atoms with Crippen molar-refractivity contribution in [1.29, 1.82) is 0 Å². The van der Waals surface area contributed by atoms with Gasteiger partial charge in [-0.1, -0.05) is 37.6 Å². The van der Waals surface area contributed by atoms with Crippen molar-refractivity contribution in [3.63, 3.8) is 0 Å². The second kappa shape index (κ2) is 12.0. The summed E-state index contributed by atoms with van der Waals surface area (Å²) in [5.74, 6) is 0.758. The van der Waals surface area contributed by atoms with Gasteiger partial charge in [0.1, 0.15) is 11.6 Å². The van der Waals surface area contributed by atoms with Crippen molar-refractivity contribution in [2.24, 2.45) is 0 Å². The molecule has 1 amide bonds. The van der Waals surface area contributed by atoms with Gasteiger partial charge in [0.25, 0.3) is 11.5 Å². The Morgan fingerprint density at radius 2 is 1.78 bits per heavy atom. The summed E-state index contributed by atoms with van der Waals surface area (Å²) in [4.78, 5) is 42.4. The van der Waals surface area contributed by atoms with Gasteiger partial charge in [-0.3, -0.25) is 24.0 Å². The molecule has 0 saturated carbocycles. The Morgan fingerprint density at radius 1 is 1.06 bits per heavy atom. The molecule has 1 heterocycles. The Balaban J connectivity index is 2.04. The summed E-state index contributed by atoms with van der Waals surface area (Å²) in [5, 5.41) is 0. The zero-order valence-corrected chi connectivity index (χ0v) is 21.0. The highest BCUT2D eigenvalue weighted by atomic mass is 16.5. The van der Waals surface area contributed by atoms with E-state index in [9.17, 15) is 14.4 Å². The molecule has 10 nitrogen and oxygen atoms in total. The molecule has 0 aliphatic rings. The number of nitrogens with one attached hydrogen (secondary N) is 1. The number of anilines is 2. The minimum absolute atomic E-state index is 0.0312. The molecule has 0 aliphatic heterocycles. The summed E-state index contributed by atoms with van der Waals surface area (Å²) in [6.45, 7) is 3.76. The zero-order chi connectivity index (χ0) is 26.2. The number of ether oxygens (including phenoxy) is 3. The molecule has 0 aliphatic carbocycles. The molecule has 0 atom stereocenters. The third kappa shape index (κ3) is 5.88. The number of methoxy groups -OCH3 is 2. The lowest BCUT2D eigenvalue weighted by atomic mass is 10.1. The van der Waals surface area contributed by atoms with E-state index in [2.05, 4.69) is 4.98 Å². The van der Waals surface area contributed by atoms with Crippen molar-refractivity contribution in [3.05, 3.63) is 74.4 Å². The Hall–Kier alpha value is -4.21. The van der Waals surface area contributed by atoms with Crippen molar-refractivity contribution in [2.75, 3.05) is 31.5 Å². The first-order valence-corrected chi connectivity index (χ1v) is 11.6. The average molecular weight is 497 g/mol. The molecule has 3 aromatic rings. The second-order valence-corrected chi connectivity index (χ2v) is 8.23. The molecule has 0 unspecified atom stereocenters. The third-order valence-electron chi connectivity index (χ3n) is 5.71. The zero-order valence-electron chi connectivity index (χ0n) is 21.0. The summed E-state index contributed by atoms with van der Waals surface area (Å²) < 4.78 is 17.8. The molecule has 3 rings (SSSR count). The number of aryl methyl sites for hydroxylation is 1. The highest BCUT2D eigenvalue weighted by Gasteiger charge is 2.26. The van der Waals surface area contributed by atoms with E-state index >= 15 is 0 Å². The number of para-hydroxylation sites is 1. The van der Waals surface area contributed by atoms with Crippen LogP contribution in [0.15, 0.2) is 52.1 Å². The van der Waals surface area contributed by atoms with E-state index in [1.165, 1.54) is 23.7 Å². The van der Waals surface area contributed by atoms with Crippen molar-refractivity contribution in [2.45, 2.75) is 39.8 Å². The molecule has 0 fully saturated rings. The van der Waals surface area contributed by atoms with Crippen LogP contribution >= 0.6 is 0 Å². The van der Waals surface area contributed by atoms with Gasteiger partial charge in [-0.2, -0.15) is 0 Å². The maximum atomic E-state index is 13.5. The Bertz CT molecular complexity index is 1330. The molecule has 3 N–H and O–H groups in total. The molecule has 10 heteroatoms. The highest BCUT2D eigenvalue weighted by molar-refractivity contribution is 5.96. The average Bonchev–Trinajstić information content (AvgIpc) is 2.87. The van der Waals surface area contributed by atoms with E-state index in [-0.39, 0.29) is 18.1 Å². The van der Waals surface area contributed by atoms with Crippen LogP contribution in [0.25, 0.3) is 0 Å². The fraction of sp³-hybridized carbons (Fsp3) is 0.346. The quantitative estimate of drug-likeness (QED) is 0.418. The van der Waals surface area contributed by atoms with Crippen molar-refractivity contribution in [3.8, 4) is 17.2 Å². The van der Waals surface area contributed by atoms with Gasteiger partial charge in [0.2, 0.25) is 0 Å². The number of aromatic nitrogens is 2. The number of benzene rings is 2. The summed E-state index contributed by atoms with van der Waals surface area (Å²) in [7, 11) is 3.03. The highest BCUT2D eigenvalue weighted by Crippen LogP contribution is 2.29. The number of hydrogen-bond acceptors (Lipinski definition) is 7. The Labute approximate surface area is 209 Å². The van der Waals surface area contributed by atoms with Crippen LogP contribution in [0.4, 0.5) is 11.5 Å². The van der Waals surface area contributed by atoms with Crippen molar-refractivity contribution >= 4 is 17.4 Å². The standard InChI is InChI=1S/C26H32N4O6/c1-5-6-13-29-24(27)23(25(32)28-26(29)33)30(15-18-9-7-8-10-19(18)34-3)22(31)16-36-20-12-11-17(2)14-21(20)35-4/h7-12,14H,5-6,13,15-16,27H2,1-4H3,(H,28,32,33). The summed E-state index contributed by atoms with van der Waals surface area (Å²) >= 11 is 0. The van der Waals surface area contributed by atoms with E-state index in [4.69, 9.17) is 19.9 Å². The van der Waals surface area contributed by atoms with Crippen LogP contribution in [-0.4, -0.2) is 36.3 Å². The maximum absolute atomic E-state index is 13.5. The first kappa shape index (κ1) is 26.4. The van der Waals surface area contributed by atoms with E-state index in [1.807, 2.05) is 19.9 Å². The lowest BCUT2D eigenvalue weighted by Crippen LogP contribution is -2.42. The molecule has 0 spiro atoms. The molecule has 192 valence electrons. The van der Waals surface area contributed by atoms with Crippen LogP contribution < -0.4 is 36.1 Å². The van der Waals surface area contributed by atoms with Gasteiger partial charge in [-0.15, -0.1) is 0 Å². The summed E-state index contributed by atoms with van der Waals surface area (Å²) in [5.41, 5.74) is 6.42. The van der Waals surface area contributed by atoms with Crippen LogP contribution in [0.3, 0.4) is 0 Å². The van der Waals surface area contributed by atoms with E-state index in [0.717, 1.165) is 12.0 Å². The predicted octanol–water partition coefficient (Wildman–Crippen LogP) is 2.86. The van der Waals surface area contributed by atoms with Gasteiger partial charge in [-0.25, -0.2) is 4.79 Å². The first-order chi connectivity index (χ1) is 17.3. The normalized spacial score (nSPS) is 10.7. The third-order valence-corrected chi connectivity index (χ3v) is 5.71. The van der Waals surface area contributed by atoms with Crippen molar-refractivity contribution in [1.82, 2.24) is 9.55 Å². The van der Waals surface area contributed by atoms with Gasteiger partial charge in [0, 0.05) is 12.1 Å². The topological polar surface area (TPSA) is 129 Å². The molecular formula is C26H32N4O6. The van der Waals surface area contributed by atoms with Gasteiger partial charge < -0.3 is 19.9 Å². The largest absolute Gasteiger partial charge is 0.496 e.